The molecule has 1 heterocycles. The van der Waals surface area contributed by atoms with Crippen LogP contribution >= 0.6 is 0 Å². The molecule has 0 amide bonds. The molecule has 1 saturated heterocycles. The molecular weight excluding hydrogens is 127 g/mol. The molecule has 56 valence electrons. The van der Waals surface area contributed by atoms with Crippen molar-refractivity contribution in [2.24, 2.45) is 0 Å². The maximum Gasteiger partial charge on any atom is 0.460 e. The van der Waals surface area contributed by atoms with Crippen LogP contribution in [0.15, 0.2) is 0 Å². The lowest BCUT2D eigenvalue weighted by Gasteiger charge is -2.09. The molecule has 0 aromatic heterocycles. The molecule has 10 heavy (non-hydrogen) atoms. The van der Waals surface area contributed by atoms with E-state index in [1.165, 1.54) is 25.7 Å². The van der Waals surface area contributed by atoms with Gasteiger partial charge in [0.15, 0.2) is 0 Å². The minimum atomic E-state index is 0.155. The van der Waals surface area contributed by atoms with Crippen molar-refractivity contribution in [3.8, 4) is 0 Å². The Morgan fingerprint density at radius 3 is 2.20 bits per heavy atom. The Balaban J connectivity index is 1.85. The molecule has 0 aromatic carbocycles. The molecule has 3 heteroatoms. The minimum Gasteiger partial charge on any atom is -0.409 e. The Labute approximate surface area is 62.0 Å². The SMILES string of the molecule is C1CCC(B2OCCO2)C1. The van der Waals surface area contributed by atoms with E-state index >= 15 is 0 Å². The van der Waals surface area contributed by atoms with Gasteiger partial charge in [-0.3, -0.25) is 0 Å². The average Bonchev–Trinajstić information content (AvgIpc) is 2.59. The maximum absolute atomic E-state index is 5.41. The first-order chi connectivity index (χ1) is 4.97. The third kappa shape index (κ3) is 1.20. The van der Waals surface area contributed by atoms with Crippen molar-refractivity contribution < 1.29 is 9.31 Å². The van der Waals surface area contributed by atoms with E-state index in [9.17, 15) is 0 Å². The van der Waals surface area contributed by atoms with Crippen molar-refractivity contribution in [2.45, 2.75) is 31.5 Å². The monoisotopic (exact) mass is 140 g/mol. The molecule has 1 saturated carbocycles. The molecule has 0 atom stereocenters. The summed E-state index contributed by atoms with van der Waals surface area (Å²) in [6.07, 6.45) is 5.36. The van der Waals surface area contributed by atoms with Gasteiger partial charge in [0.1, 0.15) is 0 Å². The van der Waals surface area contributed by atoms with Crippen LogP contribution in [-0.4, -0.2) is 20.3 Å². The summed E-state index contributed by atoms with van der Waals surface area (Å²) in [5, 5.41) is 0. The highest BCUT2D eigenvalue weighted by molar-refractivity contribution is 6.47. The molecule has 1 aliphatic heterocycles. The van der Waals surface area contributed by atoms with Gasteiger partial charge in [0, 0.05) is 0 Å². The van der Waals surface area contributed by atoms with Gasteiger partial charge in [-0.05, 0) is 5.82 Å². The fourth-order valence-electron chi connectivity index (χ4n) is 1.88. The van der Waals surface area contributed by atoms with Gasteiger partial charge in [0.25, 0.3) is 0 Å². The van der Waals surface area contributed by atoms with Crippen LogP contribution in [0.2, 0.25) is 5.82 Å². The van der Waals surface area contributed by atoms with Crippen LogP contribution in [0.5, 0.6) is 0 Å². The third-order valence-corrected chi connectivity index (χ3v) is 2.43. The Kier molecular flexibility index (Phi) is 1.96. The van der Waals surface area contributed by atoms with Crippen molar-refractivity contribution in [3.05, 3.63) is 0 Å². The van der Waals surface area contributed by atoms with Crippen molar-refractivity contribution in [1.82, 2.24) is 0 Å². The van der Waals surface area contributed by atoms with Gasteiger partial charge in [-0.1, -0.05) is 25.7 Å². The molecule has 0 radical (unpaired) electrons. The van der Waals surface area contributed by atoms with E-state index in [2.05, 4.69) is 0 Å². The maximum atomic E-state index is 5.41. The summed E-state index contributed by atoms with van der Waals surface area (Å²) in [7, 11) is 0.155. The van der Waals surface area contributed by atoms with Crippen LogP contribution in [0.1, 0.15) is 25.7 Å². The molecule has 0 aromatic rings. The second-order valence-electron chi connectivity index (χ2n) is 3.15. The van der Waals surface area contributed by atoms with Crippen LogP contribution in [0.3, 0.4) is 0 Å². The summed E-state index contributed by atoms with van der Waals surface area (Å²) >= 11 is 0. The lowest BCUT2D eigenvalue weighted by atomic mass is 9.71. The topological polar surface area (TPSA) is 18.5 Å². The molecule has 2 aliphatic rings. The summed E-state index contributed by atoms with van der Waals surface area (Å²) in [6, 6.07) is 0. The van der Waals surface area contributed by atoms with Crippen LogP contribution in [0.25, 0.3) is 0 Å². The fraction of sp³-hybridized carbons (Fsp3) is 1.00. The Morgan fingerprint density at radius 1 is 1.00 bits per heavy atom. The van der Waals surface area contributed by atoms with Gasteiger partial charge in [0.2, 0.25) is 0 Å². The van der Waals surface area contributed by atoms with E-state index in [1.54, 1.807) is 0 Å². The zero-order valence-electron chi connectivity index (χ0n) is 6.21. The number of hydrogen-bond acceptors (Lipinski definition) is 2. The van der Waals surface area contributed by atoms with E-state index in [0.29, 0.717) is 5.82 Å². The largest absolute Gasteiger partial charge is 0.460 e. The van der Waals surface area contributed by atoms with Gasteiger partial charge in [-0.25, -0.2) is 0 Å². The van der Waals surface area contributed by atoms with Gasteiger partial charge in [0.05, 0.1) is 13.2 Å². The average molecular weight is 140 g/mol. The second-order valence-corrected chi connectivity index (χ2v) is 3.15. The first-order valence-corrected chi connectivity index (χ1v) is 4.20. The molecule has 0 N–H and O–H groups in total. The van der Waals surface area contributed by atoms with Crippen molar-refractivity contribution in [2.75, 3.05) is 13.2 Å². The first-order valence-electron chi connectivity index (χ1n) is 4.20. The predicted octanol–water partition coefficient (Wildman–Crippen LogP) is 1.47. The van der Waals surface area contributed by atoms with Crippen LogP contribution in [0, 0.1) is 0 Å². The Bertz CT molecular complexity index is 92.2. The van der Waals surface area contributed by atoms with E-state index in [-0.39, 0.29) is 7.12 Å². The summed E-state index contributed by atoms with van der Waals surface area (Å²) in [5.74, 6) is 0.711. The van der Waals surface area contributed by atoms with E-state index < -0.39 is 0 Å². The third-order valence-electron chi connectivity index (χ3n) is 2.43. The fourth-order valence-corrected chi connectivity index (χ4v) is 1.88. The molecule has 1 aliphatic carbocycles. The molecule has 2 fully saturated rings. The lowest BCUT2D eigenvalue weighted by molar-refractivity contribution is 0.356. The summed E-state index contributed by atoms with van der Waals surface area (Å²) < 4.78 is 10.8. The highest BCUT2D eigenvalue weighted by Crippen LogP contribution is 2.34. The van der Waals surface area contributed by atoms with E-state index in [4.69, 9.17) is 9.31 Å². The Morgan fingerprint density at radius 2 is 1.60 bits per heavy atom. The molecule has 2 rings (SSSR count). The summed E-state index contributed by atoms with van der Waals surface area (Å²) in [5.41, 5.74) is 0. The zero-order chi connectivity index (χ0) is 6.81. The van der Waals surface area contributed by atoms with Crippen LogP contribution in [0.4, 0.5) is 0 Å². The van der Waals surface area contributed by atoms with E-state index in [0.717, 1.165) is 13.2 Å². The molecule has 0 spiro atoms. The minimum absolute atomic E-state index is 0.155. The van der Waals surface area contributed by atoms with Crippen molar-refractivity contribution >= 4 is 7.12 Å². The lowest BCUT2D eigenvalue weighted by Crippen LogP contribution is -2.19. The zero-order valence-corrected chi connectivity index (χ0v) is 6.21. The van der Waals surface area contributed by atoms with Crippen LogP contribution in [-0.2, 0) is 9.31 Å². The van der Waals surface area contributed by atoms with Gasteiger partial charge in [-0.2, -0.15) is 0 Å². The molecule has 2 nitrogen and oxygen atoms in total. The normalized spacial score (nSPS) is 28.2. The molecule has 0 bridgehead atoms. The standard InChI is InChI=1S/C7H13BO2/c1-2-4-7(3-1)8-9-5-6-10-8/h7H,1-6H2. The van der Waals surface area contributed by atoms with Gasteiger partial charge < -0.3 is 9.31 Å². The Hall–Kier alpha value is -0.0151. The first kappa shape index (κ1) is 6.68. The smallest absolute Gasteiger partial charge is 0.409 e. The van der Waals surface area contributed by atoms with Crippen molar-refractivity contribution in [1.29, 1.82) is 0 Å². The molecular formula is C7H13BO2. The number of hydrogen-bond donors (Lipinski definition) is 0. The highest BCUT2D eigenvalue weighted by Gasteiger charge is 2.35. The molecule has 0 unspecified atom stereocenters. The van der Waals surface area contributed by atoms with Crippen molar-refractivity contribution in [3.63, 3.8) is 0 Å². The predicted molar refractivity (Wildman–Crippen MR) is 39.9 cm³/mol. The second kappa shape index (κ2) is 2.93. The quantitative estimate of drug-likeness (QED) is 0.513. The highest BCUT2D eigenvalue weighted by atomic mass is 16.6. The van der Waals surface area contributed by atoms with Crippen LogP contribution < -0.4 is 0 Å². The number of rotatable bonds is 1. The summed E-state index contributed by atoms with van der Waals surface area (Å²) in [4.78, 5) is 0. The van der Waals surface area contributed by atoms with Gasteiger partial charge in [-0.15, -0.1) is 0 Å². The van der Waals surface area contributed by atoms with Gasteiger partial charge >= 0.3 is 7.12 Å². The summed E-state index contributed by atoms with van der Waals surface area (Å²) in [6.45, 7) is 1.61. The van der Waals surface area contributed by atoms with E-state index in [1.807, 2.05) is 0 Å².